The molecule has 0 amide bonds. The number of hydrogen-bond acceptors (Lipinski definition) is 6. The minimum Gasteiger partial charge on any atom is -0.456 e. The smallest absolute Gasteiger partial charge is 0.295 e. The fourth-order valence-electron chi connectivity index (χ4n) is 6.69. The molecule has 0 spiro atoms. The summed E-state index contributed by atoms with van der Waals surface area (Å²) in [4.78, 5) is 4.95. The van der Waals surface area contributed by atoms with Crippen LogP contribution in [-0.4, -0.2) is 13.0 Å². The number of aryl methyl sites for hydroxylation is 2. The van der Waals surface area contributed by atoms with Crippen LogP contribution >= 0.6 is 0 Å². The van der Waals surface area contributed by atoms with E-state index in [0.29, 0.717) is 44.5 Å². The summed E-state index contributed by atoms with van der Waals surface area (Å²) >= 11 is 0. The first-order valence-corrected chi connectivity index (χ1v) is 18.3. The van der Waals surface area contributed by atoms with Crippen LogP contribution < -0.4 is 16.2 Å². The topological polar surface area (TPSA) is 109 Å². The third kappa shape index (κ3) is 6.52. The Bertz CT molecular complexity index is 2320. The molecule has 0 aromatic heterocycles. The van der Waals surface area contributed by atoms with Crippen LogP contribution in [-0.2, 0) is 23.0 Å². The Balaban J connectivity index is 1.65. The van der Waals surface area contributed by atoms with Crippen LogP contribution in [0.5, 0.6) is 0 Å². The van der Waals surface area contributed by atoms with E-state index >= 15 is 0 Å². The van der Waals surface area contributed by atoms with Gasteiger partial charge in [0.25, 0.3) is 10.1 Å². The van der Waals surface area contributed by atoms with Gasteiger partial charge in [-0.15, -0.1) is 0 Å². The van der Waals surface area contributed by atoms with Crippen LogP contribution in [0.25, 0.3) is 33.4 Å². The number of para-hydroxylation sites is 2. The van der Waals surface area contributed by atoms with E-state index in [0.717, 1.165) is 40.9 Å². The molecular weight excluding hydrogens is 631 g/mol. The molecule has 1 heterocycles. The normalized spacial score (nSPS) is 12.5. The Labute approximate surface area is 288 Å². The standard InChI is InChI=1S/C41H43N3O4S/c1-7-27-13-11-16-31(25(3)4)40(27)43-29-19-21-33-36(23-29)48-37-24-30(44(42)41-28(8-2)14-12-17-32(41)26(5)6)20-22-34(37)39(33)35-15-9-10-18-38(35)49(45,46)47/h9-26H,7-8,42H2,1-6H3,(H,45,46,47)/b43-29-. The number of rotatable bonds is 9. The van der Waals surface area contributed by atoms with Gasteiger partial charge in [-0.25, -0.2) is 10.8 Å². The molecule has 0 atom stereocenters. The van der Waals surface area contributed by atoms with Gasteiger partial charge in [-0.05, 0) is 77.3 Å². The highest BCUT2D eigenvalue weighted by molar-refractivity contribution is 7.86. The van der Waals surface area contributed by atoms with E-state index in [1.165, 1.54) is 11.6 Å². The molecule has 1 aliphatic carbocycles. The maximum Gasteiger partial charge on any atom is 0.295 e. The maximum absolute atomic E-state index is 12.6. The molecule has 0 fully saturated rings. The van der Waals surface area contributed by atoms with Crippen molar-refractivity contribution in [2.45, 2.75) is 71.1 Å². The summed E-state index contributed by atoms with van der Waals surface area (Å²) in [6.45, 7) is 12.9. The van der Waals surface area contributed by atoms with Gasteiger partial charge >= 0.3 is 0 Å². The first-order chi connectivity index (χ1) is 23.4. The van der Waals surface area contributed by atoms with Gasteiger partial charge in [-0.1, -0.05) is 96.1 Å². The summed E-state index contributed by atoms with van der Waals surface area (Å²) in [6, 6.07) is 30.5. The van der Waals surface area contributed by atoms with Crippen molar-refractivity contribution in [1.82, 2.24) is 0 Å². The average molecular weight is 674 g/mol. The highest BCUT2D eigenvalue weighted by Gasteiger charge is 2.25. The summed E-state index contributed by atoms with van der Waals surface area (Å²) < 4.78 is 42.2. The van der Waals surface area contributed by atoms with Gasteiger partial charge in [0.15, 0.2) is 0 Å². The third-order valence-corrected chi connectivity index (χ3v) is 10.1. The molecule has 4 aromatic carbocycles. The first-order valence-electron chi connectivity index (χ1n) is 16.8. The minimum absolute atomic E-state index is 0.181. The molecule has 4 aromatic rings. The molecule has 8 heteroatoms. The van der Waals surface area contributed by atoms with Gasteiger partial charge in [-0.2, -0.15) is 8.42 Å². The highest BCUT2D eigenvalue weighted by Crippen LogP contribution is 2.44. The maximum atomic E-state index is 12.6. The summed E-state index contributed by atoms with van der Waals surface area (Å²) in [6.07, 6.45) is 1.66. The van der Waals surface area contributed by atoms with Crippen LogP contribution in [0.3, 0.4) is 0 Å². The van der Waals surface area contributed by atoms with Crippen LogP contribution in [0.4, 0.5) is 17.1 Å². The van der Waals surface area contributed by atoms with E-state index in [9.17, 15) is 13.0 Å². The molecule has 0 saturated heterocycles. The number of hydrazine groups is 1. The van der Waals surface area contributed by atoms with Gasteiger partial charge in [-0.3, -0.25) is 9.56 Å². The SMILES string of the molecule is CCc1cccc(C(C)C)c1/N=c1/ccc2c(-c3ccccc3S(=O)(=O)O)c3ccc(N(N)c4c(CC)cccc4C(C)C)cc3oc-2c1. The molecular formula is C41H43N3O4S. The molecule has 0 radical (unpaired) electrons. The quantitative estimate of drug-likeness (QED) is 0.0684. The lowest BCUT2D eigenvalue weighted by atomic mass is 9.93. The fourth-order valence-corrected chi connectivity index (χ4v) is 7.39. The monoisotopic (exact) mass is 673 g/mol. The Kier molecular flexibility index (Phi) is 9.49. The van der Waals surface area contributed by atoms with Crippen molar-refractivity contribution in [3.63, 3.8) is 0 Å². The van der Waals surface area contributed by atoms with E-state index in [1.54, 1.807) is 23.2 Å². The molecule has 0 unspecified atom stereocenters. The van der Waals surface area contributed by atoms with Gasteiger partial charge in [0.05, 0.1) is 22.4 Å². The van der Waals surface area contributed by atoms with E-state index in [4.69, 9.17) is 15.3 Å². The highest BCUT2D eigenvalue weighted by atomic mass is 32.2. The zero-order chi connectivity index (χ0) is 35.0. The largest absolute Gasteiger partial charge is 0.456 e. The predicted molar refractivity (Wildman–Crippen MR) is 199 cm³/mol. The second-order valence-corrected chi connectivity index (χ2v) is 14.4. The Morgan fingerprint density at radius 1 is 0.776 bits per heavy atom. The third-order valence-electron chi connectivity index (χ3n) is 9.19. The lowest BCUT2D eigenvalue weighted by molar-refractivity contribution is 0.483. The number of nitrogens with zero attached hydrogens (tertiary/aromatic N) is 2. The molecule has 49 heavy (non-hydrogen) atoms. The second kappa shape index (κ2) is 13.6. The second-order valence-electron chi connectivity index (χ2n) is 13.0. The van der Waals surface area contributed by atoms with Crippen LogP contribution in [0, 0.1) is 0 Å². The van der Waals surface area contributed by atoms with Crippen LogP contribution in [0.15, 0.2) is 111 Å². The number of fused-ring (bicyclic) bond motifs is 2. The van der Waals surface area contributed by atoms with Crippen molar-refractivity contribution in [2.24, 2.45) is 10.8 Å². The lowest BCUT2D eigenvalue weighted by Crippen LogP contribution is -2.27. The number of nitrogens with two attached hydrogens (primary N) is 1. The molecule has 252 valence electrons. The molecule has 1 aliphatic heterocycles. The first kappa shape index (κ1) is 34.1. The van der Waals surface area contributed by atoms with Gasteiger partial charge in [0, 0.05) is 34.2 Å². The molecule has 2 aliphatic rings. The zero-order valence-corrected chi connectivity index (χ0v) is 29.7. The van der Waals surface area contributed by atoms with Crippen LogP contribution in [0.1, 0.15) is 75.6 Å². The molecule has 0 saturated carbocycles. The molecule has 3 N–H and O–H groups in total. The number of anilines is 2. The Morgan fingerprint density at radius 3 is 2.12 bits per heavy atom. The number of hydrogen-bond donors (Lipinski definition) is 2. The molecule has 7 nitrogen and oxygen atoms in total. The molecule has 0 bridgehead atoms. The Hall–Kier alpha value is -4.76. The summed E-state index contributed by atoms with van der Waals surface area (Å²) in [5.74, 6) is 7.96. The van der Waals surface area contributed by atoms with Gasteiger partial charge < -0.3 is 4.42 Å². The van der Waals surface area contributed by atoms with E-state index in [-0.39, 0.29) is 16.7 Å². The van der Waals surface area contributed by atoms with Gasteiger partial charge in [0.2, 0.25) is 0 Å². The molecule has 6 rings (SSSR count). The Morgan fingerprint density at radius 2 is 1.45 bits per heavy atom. The van der Waals surface area contributed by atoms with Gasteiger partial charge in [0.1, 0.15) is 16.2 Å². The van der Waals surface area contributed by atoms with E-state index in [1.807, 2.05) is 36.4 Å². The van der Waals surface area contributed by atoms with Crippen molar-refractivity contribution in [3.8, 4) is 22.5 Å². The summed E-state index contributed by atoms with van der Waals surface area (Å²) in [7, 11) is -4.54. The summed E-state index contributed by atoms with van der Waals surface area (Å²) in [5, 5.41) is 3.10. The predicted octanol–water partition coefficient (Wildman–Crippen LogP) is 10.1. The number of benzene rings is 5. The van der Waals surface area contributed by atoms with Crippen molar-refractivity contribution < 1.29 is 17.4 Å². The van der Waals surface area contributed by atoms with Crippen molar-refractivity contribution in [2.75, 3.05) is 5.01 Å². The van der Waals surface area contributed by atoms with E-state index in [2.05, 4.69) is 77.9 Å². The minimum atomic E-state index is -4.54. The van der Waals surface area contributed by atoms with Crippen molar-refractivity contribution in [3.05, 3.63) is 125 Å². The lowest BCUT2D eigenvalue weighted by Gasteiger charge is -2.27. The van der Waals surface area contributed by atoms with E-state index < -0.39 is 10.1 Å². The fraction of sp³-hybridized carbons (Fsp3) is 0.244. The van der Waals surface area contributed by atoms with Crippen LogP contribution in [0.2, 0.25) is 0 Å². The average Bonchev–Trinajstić information content (AvgIpc) is 3.09. The summed E-state index contributed by atoms with van der Waals surface area (Å²) in [5.41, 5.74) is 9.40. The van der Waals surface area contributed by atoms with Crippen molar-refractivity contribution in [1.29, 1.82) is 0 Å². The van der Waals surface area contributed by atoms with Crippen molar-refractivity contribution >= 4 is 38.1 Å². The zero-order valence-electron chi connectivity index (χ0n) is 28.9.